The molecule has 3 rings (SSSR count). The van der Waals surface area contributed by atoms with E-state index in [1.54, 1.807) is 56.3 Å². The van der Waals surface area contributed by atoms with Crippen molar-refractivity contribution in [2.75, 3.05) is 16.2 Å². The van der Waals surface area contributed by atoms with Crippen LogP contribution in [0.1, 0.15) is 11.1 Å². The molecule has 0 spiro atoms. The van der Waals surface area contributed by atoms with Gasteiger partial charge in [0.1, 0.15) is 6.54 Å². The number of nitrogens with zero attached hydrogens (tertiary/aromatic N) is 2. The third kappa shape index (κ3) is 4.89. The SMILES string of the molecule is Cc1ccc([N+](=O)[O-])cc1NC(=O)CN(c1ccccc1C)S(=O)(=O)c1ccccc1. The van der Waals surface area contributed by atoms with Crippen LogP contribution in [0.25, 0.3) is 0 Å². The number of nitro benzene ring substituents is 1. The summed E-state index contributed by atoms with van der Waals surface area (Å²) >= 11 is 0. The van der Waals surface area contributed by atoms with Gasteiger partial charge >= 0.3 is 0 Å². The predicted molar refractivity (Wildman–Crippen MR) is 119 cm³/mol. The molecule has 3 aromatic rings. The number of hydrogen-bond donors (Lipinski definition) is 1. The number of non-ortho nitro benzene ring substituents is 1. The first-order valence-corrected chi connectivity index (χ1v) is 10.8. The quantitative estimate of drug-likeness (QED) is 0.441. The van der Waals surface area contributed by atoms with Crippen molar-refractivity contribution in [3.8, 4) is 0 Å². The van der Waals surface area contributed by atoms with E-state index in [9.17, 15) is 23.3 Å². The summed E-state index contributed by atoms with van der Waals surface area (Å²) in [4.78, 5) is 23.4. The van der Waals surface area contributed by atoms with E-state index in [1.807, 2.05) is 0 Å². The first-order chi connectivity index (χ1) is 14.7. The molecule has 0 aliphatic rings. The highest BCUT2D eigenvalue weighted by Crippen LogP contribution is 2.27. The van der Waals surface area contributed by atoms with E-state index in [0.717, 1.165) is 4.31 Å². The van der Waals surface area contributed by atoms with Gasteiger partial charge in [0, 0.05) is 12.1 Å². The standard InChI is InChI=1S/C22H21N3O5S/c1-16-12-13-18(25(27)28)14-20(16)23-22(26)15-24(21-11-7-6-8-17(21)2)31(29,30)19-9-4-3-5-10-19/h3-14H,15H2,1-2H3,(H,23,26). The summed E-state index contributed by atoms with van der Waals surface area (Å²) in [6.07, 6.45) is 0. The first-order valence-electron chi connectivity index (χ1n) is 9.38. The van der Waals surface area contributed by atoms with Gasteiger partial charge < -0.3 is 5.32 Å². The summed E-state index contributed by atoms with van der Waals surface area (Å²) in [6, 6.07) is 18.8. The second-order valence-electron chi connectivity index (χ2n) is 6.92. The zero-order valence-corrected chi connectivity index (χ0v) is 17.8. The highest BCUT2D eigenvalue weighted by atomic mass is 32.2. The van der Waals surface area contributed by atoms with Crippen molar-refractivity contribution < 1.29 is 18.1 Å². The van der Waals surface area contributed by atoms with Gasteiger partial charge in [-0.1, -0.05) is 42.5 Å². The third-order valence-corrected chi connectivity index (χ3v) is 6.48. The normalized spacial score (nSPS) is 11.0. The number of carbonyl (C=O) groups excluding carboxylic acids is 1. The number of nitro groups is 1. The Morgan fingerprint density at radius 3 is 2.26 bits per heavy atom. The van der Waals surface area contributed by atoms with E-state index in [0.29, 0.717) is 16.8 Å². The van der Waals surface area contributed by atoms with Gasteiger partial charge in [0.25, 0.3) is 15.7 Å². The molecular weight excluding hydrogens is 418 g/mol. The zero-order valence-electron chi connectivity index (χ0n) is 17.0. The van der Waals surface area contributed by atoms with Gasteiger partial charge in [-0.2, -0.15) is 0 Å². The molecule has 1 N–H and O–H groups in total. The summed E-state index contributed by atoms with van der Waals surface area (Å²) in [5.74, 6) is -0.619. The molecule has 0 heterocycles. The number of nitrogens with one attached hydrogen (secondary N) is 1. The lowest BCUT2D eigenvalue weighted by molar-refractivity contribution is -0.384. The molecule has 0 fully saturated rings. The van der Waals surface area contributed by atoms with Gasteiger partial charge in [0.2, 0.25) is 5.91 Å². The van der Waals surface area contributed by atoms with E-state index in [-0.39, 0.29) is 16.3 Å². The van der Waals surface area contributed by atoms with Crippen LogP contribution >= 0.6 is 0 Å². The van der Waals surface area contributed by atoms with Crippen LogP contribution in [0.3, 0.4) is 0 Å². The van der Waals surface area contributed by atoms with Gasteiger partial charge in [-0.3, -0.25) is 19.2 Å². The van der Waals surface area contributed by atoms with Gasteiger partial charge in [0.15, 0.2) is 0 Å². The minimum absolute atomic E-state index is 0.0533. The largest absolute Gasteiger partial charge is 0.324 e. The van der Waals surface area contributed by atoms with Gasteiger partial charge in [-0.15, -0.1) is 0 Å². The number of hydrogen-bond acceptors (Lipinski definition) is 5. The average Bonchev–Trinajstić information content (AvgIpc) is 2.74. The molecule has 0 saturated carbocycles. The van der Waals surface area contributed by atoms with Crippen molar-refractivity contribution in [3.63, 3.8) is 0 Å². The maximum Gasteiger partial charge on any atom is 0.271 e. The minimum atomic E-state index is -4.03. The van der Waals surface area contributed by atoms with Crippen LogP contribution < -0.4 is 9.62 Å². The molecule has 0 radical (unpaired) electrons. The lowest BCUT2D eigenvalue weighted by Gasteiger charge is -2.25. The lowest BCUT2D eigenvalue weighted by atomic mass is 10.2. The topological polar surface area (TPSA) is 110 Å². The maximum atomic E-state index is 13.3. The van der Waals surface area contributed by atoms with Gasteiger partial charge in [-0.05, 0) is 43.2 Å². The van der Waals surface area contributed by atoms with E-state index >= 15 is 0 Å². The maximum absolute atomic E-state index is 13.3. The Kier molecular flexibility index (Phi) is 6.36. The van der Waals surface area contributed by atoms with Crippen LogP contribution in [0, 0.1) is 24.0 Å². The highest BCUT2D eigenvalue weighted by Gasteiger charge is 2.28. The number of carbonyl (C=O) groups is 1. The van der Waals surface area contributed by atoms with Crippen molar-refractivity contribution in [2.24, 2.45) is 0 Å². The van der Waals surface area contributed by atoms with E-state index in [1.165, 1.54) is 30.3 Å². The molecule has 1 amide bonds. The molecule has 31 heavy (non-hydrogen) atoms. The monoisotopic (exact) mass is 439 g/mol. The van der Waals surface area contributed by atoms with Crippen LogP contribution in [-0.4, -0.2) is 25.8 Å². The average molecular weight is 439 g/mol. The molecule has 0 unspecified atom stereocenters. The van der Waals surface area contributed by atoms with Crippen molar-refractivity contribution >= 4 is 33.0 Å². The highest BCUT2D eigenvalue weighted by molar-refractivity contribution is 7.92. The molecule has 3 aromatic carbocycles. The zero-order chi connectivity index (χ0) is 22.6. The second kappa shape index (κ2) is 8.97. The molecule has 160 valence electrons. The Morgan fingerprint density at radius 1 is 0.968 bits per heavy atom. The molecule has 0 aliphatic heterocycles. The summed E-state index contributed by atoms with van der Waals surface area (Å²) in [5, 5.41) is 13.6. The molecule has 0 aliphatic carbocycles. The summed E-state index contributed by atoms with van der Waals surface area (Å²) in [7, 11) is -4.03. The molecule has 0 aromatic heterocycles. The van der Waals surface area contributed by atoms with Crippen molar-refractivity contribution in [1.29, 1.82) is 0 Å². The van der Waals surface area contributed by atoms with Crippen molar-refractivity contribution in [3.05, 3.63) is 94.0 Å². The number of sulfonamides is 1. The smallest absolute Gasteiger partial charge is 0.271 e. The van der Waals surface area contributed by atoms with Crippen LogP contribution in [0.2, 0.25) is 0 Å². The Bertz CT molecular complexity index is 1230. The Balaban J connectivity index is 1.97. The number of aryl methyl sites for hydroxylation is 2. The number of rotatable bonds is 7. The molecule has 0 saturated heterocycles. The van der Waals surface area contributed by atoms with Crippen LogP contribution in [0.15, 0.2) is 77.7 Å². The van der Waals surface area contributed by atoms with E-state index < -0.39 is 27.4 Å². The number of amides is 1. The summed E-state index contributed by atoms with van der Waals surface area (Å²) in [6.45, 7) is 2.95. The Morgan fingerprint density at radius 2 is 1.61 bits per heavy atom. The fourth-order valence-electron chi connectivity index (χ4n) is 3.04. The Labute approximate surface area is 180 Å². The van der Waals surface area contributed by atoms with Gasteiger partial charge in [0.05, 0.1) is 21.2 Å². The molecule has 9 heteroatoms. The molecule has 0 atom stereocenters. The molecule has 0 bridgehead atoms. The summed E-state index contributed by atoms with van der Waals surface area (Å²) < 4.78 is 27.7. The van der Waals surface area contributed by atoms with Crippen LogP contribution in [0.4, 0.5) is 17.1 Å². The third-order valence-electron chi connectivity index (χ3n) is 4.71. The Hall–Kier alpha value is -3.72. The van der Waals surface area contributed by atoms with Gasteiger partial charge in [-0.25, -0.2) is 8.42 Å². The fraction of sp³-hybridized carbons (Fsp3) is 0.136. The second-order valence-corrected chi connectivity index (χ2v) is 8.78. The van der Waals surface area contributed by atoms with Crippen molar-refractivity contribution in [2.45, 2.75) is 18.7 Å². The van der Waals surface area contributed by atoms with Crippen LogP contribution in [-0.2, 0) is 14.8 Å². The number of benzene rings is 3. The first kappa shape index (κ1) is 22.0. The lowest BCUT2D eigenvalue weighted by Crippen LogP contribution is -2.38. The van der Waals surface area contributed by atoms with Crippen LogP contribution in [0.5, 0.6) is 0 Å². The number of para-hydroxylation sites is 1. The summed E-state index contributed by atoms with van der Waals surface area (Å²) in [5.41, 5.74) is 1.75. The van der Waals surface area contributed by atoms with E-state index in [2.05, 4.69) is 5.32 Å². The molecular formula is C22H21N3O5S. The predicted octanol–water partition coefficient (Wildman–Crippen LogP) is 4.05. The van der Waals surface area contributed by atoms with Crippen molar-refractivity contribution in [1.82, 2.24) is 0 Å². The van der Waals surface area contributed by atoms with E-state index in [4.69, 9.17) is 0 Å². The molecule has 8 nitrogen and oxygen atoms in total. The fourth-order valence-corrected chi connectivity index (χ4v) is 4.55. The number of anilines is 2. The minimum Gasteiger partial charge on any atom is -0.324 e.